The van der Waals surface area contributed by atoms with E-state index in [0.717, 1.165) is 0 Å². The molecule has 0 aromatic rings. The third-order valence-electron chi connectivity index (χ3n) is 1.55. The molecule has 0 heterocycles. The summed E-state index contributed by atoms with van der Waals surface area (Å²) in [6, 6.07) is 0. The molecule has 0 unspecified atom stereocenters. The van der Waals surface area contributed by atoms with Gasteiger partial charge in [0, 0.05) is 21.3 Å². The second-order valence-electron chi connectivity index (χ2n) is 2.24. The van der Waals surface area contributed by atoms with Crippen molar-refractivity contribution in [3.63, 3.8) is 0 Å². The van der Waals surface area contributed by atoms with Crippen molar-refractivity contribution in [1.82, 2.24) is 0 Å². The van der Waals surface area contributed by atoms with Crippen LogP contribution in [-0.4, -0.2) is 37.9 Å². The van der Waals surface area contributed by atoms with E-state index in [2.05, 4.69) is 0 Å². The summed E-state index contributed by atoms with van der Waals surface area (Å²) in [7, 11) is 0.498. The molecular formula is C5H9Cl5O3Si. The molecule has 0 aliphatic carbocycles. The van der Waals surface area contributed by atoms with Gasteiger partial charge in [-0.1, -0.05) is 58.0 Å². The molecule has 0 N–H and O–H groups in total. The zero-order valence-corrected chi connectivity index (χ0v) is 12.4. The monoisotopic (exact) mass is 320 g/mol. The van der Waals surface area contributed by atoms with Crippen LogP contribution >= 0.6 is 58.0 Å². The molecule has 0 rings (SSSR count). The van der Waals surface area contributed by atoms with Crippen molar-refractivity contribution >= 4 is 66.8 Å². The van der Waals surface area contributed by atoms with Gasteiger partial charge < -0.3 is 13.3 Å². The Hall–Kier alpha value is 1.55. The fourth-order valence-electron chi connectivity index (χ4n) is 0.808. The first-order valence-corrected chi connectivity index (χ1v) is 6.90. The summed E-state index contributed by atoms with van der Waals surface area (Å²) in [4.78, 5) is 0. The maximum Gasteiger partial charge on any atom is 0.542 e. The Bertz CT molecular complexity index is 182. The lowest BCUT2D eigenvalue weighted by Crippen LogP contribution is -2.63. The van der Waals surface area contributed by atoms with Gasteiger partial charge in [0.25, 0.3) is 0 Å². The summed E-state index contributed by atoms with van der Waals surface area (Å²) in [5, 5.41) is 0. The molecule has 0 radical (unpaired) electrons. The van der Waals surface area contributed by atoms with Gasteiger partial charge in [-0.15, -0.1) is 0 Å². The first-order chi connectivity index (χ1) is 6.18. The van der Waals surface area contributed by atoms with Crippen molar-refractivity contribution < 1.29 is 13.3 Å². The number of hydrogen-bond donors (Lipinski definition) is 0. The Morgan fingerprint density at radius 1 is 0.786 bits per heavy atom. The molecule has 0 bridgehead atoms. The quantitative estimate of drug-likeness (QED) is 0.588. The van der Waals surface area contributed by atoms with Crippen molar-refractivity contribution in [2.75, 3.05) is 21.3 Å². The fourth-order valence-corrected chi connectivity index (χ4v) is 4.85. The first-order valence-electron chi connectivity index (χ1n) is 3.28. The predicted octanol–water partition coefficient (Wildman–Crippen LogP) is 2.95. The Kier molecular flexibility index (Phi) is 5.83. The van der Waals surface area contributed by atoms with E-state index in [-0.39, 0.29) is 0 Å². The summed E-state index contributed by atoms with van der Waals surface area (Å²) < 4.78 is 11.1. The van der Waals surface area contributed by atoms with Crippen LogP contribution in [0, 0.1) is 0 Å². The van der Waals surface area contributed by atoms with Crippen LogP contribution in [0.5, 0.6) is 0 Å². The second-order valence-corrected chi connectivity index (χ2v) is 9.57. The van der Waals surface area contributed by atoms with E-state index in [9.17, 15) is 0 Å². The predicted molar refractivity (Wildman–Crippen MR) is 61.5 cm³/mol. The third kappa shape index (κ3) is 2.62. The van der Waals surface area contributed by atoms with Crippen LogP contribution in [-0.2, 0) is 13.3 Å². The van der Waals surface area contributed by atoms with E-state index in [0.29, 0.717) is 0 Å². The van der Waals surface area contributed by atoms with Crippen LogP contribution in [0.3, 0.4) is 0 Å². The molecule has 0 aromatic carbocycles. The smallest absolute Gasteiger partial charge is 0.375 e. The van der Waals surface area contributed by atoms with Gasteiger partial charge in [0.2, 0.25) is 7.75 Å². The SMILES string of the molecule is CO[Si](OC)(OC)C(Cl)(Cl)C(Cl)(Cl)Cl. The molecule has 0 aliphatic rings. The second kappa shape index (κ2) is 5.25. The highest BCUT2D eigenvalue weighted by atomic mass is 35.6. The first kappa shape index (κ1) is 15.5. The molecule has 0 saturated carbocycles. The molecule has 0 amide bonds. The minimum atomic E-state index is -3.45. The van der Waals surface area contributed by atoms with Crippen molar-refractivity contribution in [1.29, 1.82) is 0 Å². The summed E-state index contributed by atoms with van der Waals surface area (Å²) >= 11 is 28.6. The van der Waals surface area contributed by atoms with Crippen molar-refractivity contribution in [3.05, 3.63) is 0 Å². The summed E-state index contributed by atoms with van der Waals surface area (Å²) in [5.74, 6) is 0. The van der Waals surface area contributed by atoms with Gasteiger partial charge in [0.05, 0.1) is 0 Å². The van der Waals surface area contributed by atoms with Crippen molar-refractivity contribution in [2.45, 2.75) is 7.75 Å². The fraction of sp³-hybridized carbons (Fsp3) is 1.00. The highest BCUT2D eigenvalue weighted by Crippen LogP contribution is 2.51. The Morgan fingerprint density at radius 2 is 1.07 bits per heavy atom. The largest absolute Gasteiger partial charge is 0.542 e. The van der Waals surface area contributed by atoms with Crippen LogP contribution in [0.1, 0.15) is 0 Å². The van der Waals surface area contributed by atoms with E-state index in [1.54, 1.807) is 0 Å². The van der Waals surface area contributed by atoms with Crippen molar-refractivity contribution in [3.8, 4) is 0 Å². The Balaban J connectivity index is 5.19. The van der Waals surface area contributed by atoms with Gasteiger partial charge in [-0.2, -0.15) is 0 Å². The molecule has 9 heteroatoms. The highest BCUT2D eigenvalue weighted by molar-refractivity contribution is 6.93. The molecule has 0 fully saturated rings. The van der Waals surface area contributed by atoms with Crippen molar-refractivity contribution in [2.24, 2.45) is 0 Å². The summed E-state index contributed by atoms with van der Waals surface area (Å²) in [6.07, 6.45) is 0. The Morgan fingerprint density at radius 3 is 1.14 bits per heavy atom. The van der Waals surface area contributed by atoms with Crippen LogP contribution in [0.15, 0.2) is 0 Å². The summed E-state index contributed by atoms with van der Waals surface area (Å²) in [5.41, 5.74) is 0. The highest BCUT2D eigenvalue weighted by Gasteiger charge is 2.68. The van der Waals surface area contributed by atoms with E-state index >= 15 is 0 Å². The van der Waals surface area contributed by atoms with Gasteiger partial charge in [-0.3, -0.25) is 0 Å². The van der Waals surface area contributed by atoms with Gasteiger partial charge >= 0.3 is 8.80 Å². The standard InChI is InChI=1S/C5H9Cl5O3Si/c1-11-14(12-2,13-3)5(9,10)4(6,7)8/h1-3H3. The lowest BCUT2D eigenvalue weighted by molar-refractivity contribution is 0.116. The van der Waals surface area contributed by atoms with Crippen LogP contribution < -0.4 is 0 Å². The molecule has 0 aromatic heterocycles. The van der Waals surface area contributed by atoms with E-state index in [1.807, 2.05) is 0 Å². The van der Waals surface area contributed by atoms with E-state index < -0.39 is 16.6 Å². The number of hydrogen-bond acceptors (Lipinski definition) is 3. The summed E-state index contributed by atoms with van der Waals surface area (Å²) in [6.45, 7) is 0. The molecule has 0 atom stereocenters. The third-order valence-corrected chi connectivity index (χ3v) is 8.17. The average Bonchev–Trinajstić information content (AvgIpc) is 2.06. The Labute approximate surface area is 109 Å². The van der Waals surface area contributed by atoms with Gasteiger partial charge in [-0.25, -0.2) is 0 Å². The van der Waals surface area contributed by atoms with E-state index in [4.69, 9.17) is 71.3 Å². The lowest BCUT2D eigenvalue weighted by Gasteiger charge is -2.38. The molecule has 0 spiro atoms. The van der Waals surface area contributed by atoms with Crippen LogP contribution in [0.4, 0.5) is 0 Å². The zero-order chi connectivity index (χ0) is 11.6. The number of rotatable bonds is 4. The molecular weight excluding hydrogens is 313 g/mol. The van der Waals surface area contributed by atoms with Gasteiger partial charge in [0.15, 0.2) is 0 Å². The minimum absolute atomic E-state index is 1.31. The van der Waals surface area contributed by atoms with Gasteiger partial charge in [-0.05, 0) is 0 Å². The van der Waals surface area contributed by atoms with Gasteiger partial charge in [0.1, 0.15) is 0 Å². The molecule has 14 heavy (non-hydrogen) atoms. The minimum Gasteiger partial charge on any atom is -0.375 e. The van der Waals surface area contributed by atoms with Crippen LogP contribution in [0.2, 0.25) is 0 Å². The topological polar surface area (TPSA) is 27.7 Å². The normalized spacial score (nSPS) is 14.6. The molecule has 0 saturated heterocycles. The number of alkyl halides is 5. The number of halogens is 5. The maximum absolute atomic E-state index is 5.89. The average molecular weight is 322 g/mol. The molecule has 3 nitrogen and oxygen atoms in total. The van der Waals surface area contributed by atoms with E-state index in [1.165, 1.54) is 21.3 Å². The zero-order valence-electron chi connectivity index (χ0n) is 7.61. The molecule has 86 valence electrons. The maximum atomic E-state index is 5.89. The lowest BCUT2D eigenvalue weighted by atomic mass is 10.9. The van der Waals surface area contributed by atoms with Crippen LogP contribution in [0.25, 0.3) is 0 Å². The molecule has 0 aliphatic heterocycles.